The standard InChI is InChI=1S/C11H15N5/c1-9-14-15-11(16(9)2)8-13-7-10-4-3-5-12-6-10/h3-6,13H,7-8H2,1-2H3. The molecule has 0 aromatic carbocycles. The summed E-state index contributed by atoms with van der Waals surface area (Å²) >= 11 is 0. The van der Waals surface area contributed by atoms with Crippen LogP contribution in [0.4, 0.5) is 0 Å². The summed E-state index contributed by atoms with van der Waals surface area (Å²) < 4.78 is 1.98. The molecule has 2 heterocycles. The van der Waals surface area contributed by atoms with Crippen molar-refractivity contribution in [2.24, 2.45) is 7.05 Å². The van der Waals surface area contributed by atoms with E-state index in [0.29, 0.717) is 6.54 Å². The second kappa shape index (κ2) is 4.85. The fourth-order valence-corrected chi connectivity index (χ4v) is 1.43. The van der Waals surface area contributed by atoms with Crippen LogP contribution in [0, 0.1) is 6.92 Å². The Bertz CT molecular complexity index is 449. The lowest BCUT2D eigenvalue weighted by Gasteiger charge is -2.04. The maximum Gasteiger partial charge on any atom is 0.146 e. The molecule has 0 amide bonds. The predicted octanol–water partition coefficient (Wildman–Crippen LogP) is 0.808. The lowest BCUT2D eigenvalue weighted by molar-refractivity contribution is 0.633. The highest BCUT2D eigenvalue weighted by molar-refractivity contribution is 5.08. The molecule has 0 saturated heterocycles. The van der Waals surface area contributed by atoms with Crippen molar-refractivity contribution in [2.75, 3.05) is 0 Å². The van der Waals surface area contributed by atoms with Crippen molar-refractivity contribution >= 4 is 0 Å². The lowest BCUT2D eigenvalue weighted by atomic mass is 10.3. The minimum atomic E-state index is 0.715. The molecule has 0 radical (unpaired) electrons. The third-order valence-electron chi connectivity index (χ3n) is 2.52. The highest BCUT2D eigenvalue weighted by Crippen LogP contribution is 1.98. The summed E-state index contributed by atoms with van der Waals surface area (Å²) in [5, 5.41) is 11.4. The van der Waals surface area contributed by atoms with Crippen LogP contribution in [0.15, 0.2) is 24.5 Å². The van der Waals surface area contributed by atoms with Crippen molar-refractivity contribution < 1.29 is 0 Å². The van der Waals surface area contributed by atoms with E-state index in [1.165, 1.54) is 5.56 Å². The van der Waals surface area contributed by atoms with Crippen LogP contribution < -0.4 is 5.32 Å². The van der Waals surface area contributed by atoms with Crippen LogP contribution in [0.25, 0.3) is 0 Å². The largest absolute Gasteiger partial charge is 0.317 e. The number of aryl methyl sites for hydroxylation is 1. The average Bonchev–Trinajstić information content (AvgIpc) is 2.62. The normalized spacial score (nSPS) is 10.6. The molecular weight excluding hydrogens is 202 g/mol. The summed E-state index contributed by atoms with van der Waals surface area (Å²) in [7, 11) is 1.97. The van der Waals surface area contributed by atoms with E-state index >= 15 is 0 Å². The van der Waals surface area contributed by atoms with E-state index in [9.17, 15) is 0 Å². The number of nitrogens with one attached hydrogen (secondary N) is 1. The SMILES string of the molecule is Cc1nnc(CNCc2cccnc2)n1C. The third-order valence-corrected chi connectivity index (χ3v) is 2.52. The fraction of sp³-hybridized carbons (Fsp3) is 0.364. The molecule has 0 aliphatic carbocycles. The number of nitrogens with zero attached hydrogens (tertiary/aromatic N) is 4. The summed E-state index contributed by atoms with van der Waals surface area (Å²) in [6.45, 7) is 3.45. The number of hydrogen-bond donors (Lipinski definition) is 1. The van der Waals surface area contributed by atoms with E-state index in [4.69, 9.17) is 0 Å². The first-order chi connectivity index (χ1) is 7.77. The van der Waals surface area contributed by atoms with Gasteiger partial charge in [0.1, 0.15) is 11.6 Å². The molecule has 84 valence electrons. The van der Waals surface area contributed by atoms with Crippen molar-refractivity contribution in [3.05, 3.63) is 41.7 Å². The summed E-state index contributed by atoms with van der Waals surface area (Å²) in [5.41, 5.74) is 1.17. The monoisotopic (exact) mass is 217 g/mol. The highest BCUT2D eigenvalue weighted by Gasteiger charge is 2.03. The Kier molecular flexibility index (Phi) is 3.26. The van der Waals surface area contributed by atoms with Gasteiger partial charge in [-0.3, -0.25) is 4.98 Å². The molecule has 0 atom stereocenters. The van der Waals surface area contributed by atoms with Gasteiger partial charge in [-0.15, -0.1) is 10.2 Å². The van der Waals surface area contributed by atoms with Crippen LogP contribution in [0.2, 0.25) is 0 Å². The molecule has 0 fully saturated rings. The summed E-state index contributed by atoms with van der Waals surface area (Å²) in [6.07, 6.45) is 3.63. The van der Waals surface area contributed by atoms with E-state index in [-0.39, 0.29) is 0 Å². The predicted molar refractivity (Wildman–Crippen MR) is 60.5 cm³/mol. The summed E-state index contributed by atoms with van der Waals surface area (Å²) in [5.74, 6) is 1.87. The molecule has 2 aromatic heterocycles. The van der Waals surface area contributed by atoms with Gasteiger partial charge in [0.05, 0.1) is 6.54 Å². The molecule has 2 aromatic rings. The number of rotatable bonds is 4. The molecule has 0 saturated carbocycles. The fourth-order valence-electron chi connectivity index (χ4n) is 1.43. The van der Waals surface area contributed by atoms with Crippen LogP contribution in [0.5, 0.6) is 0 Å². The Hall–Kier alpha value is -1.75. The Balaban J connectivity index is 1.87. The molecule has 1 N–H and O–H groups in total. The van der Waals surface area contributed by atoms with Gasteiger partial charge in [0, 0.05) is 26.0 Å². The molecule has 16 heavy (non-hydrogen) atoms. The van der Waals surface area contributed by atoms with E-state index in [0.717, 1.165) is 18.2 Å². The van der Waals surface area contributed by atoms with E-state index < -0.39 is 0 Å². The van der Waals surface area contributed by atoms with Gasteiger partial charge in [-0.05, 0) is 18.6 Å². The zero-order valence-electron chi connectivity index (χ0n) is 9.51. The van der Waals surface area contributed by atoms with Crippen molar-refractivity contribution in [3.63, 3.8) is 0 Å². The molecule has 5 heteroatoms. The van der Waals surface area contributed by atoms with Gasteiger partial charge in [-0.2, -0.15) is 0 Å². The van der Waals surface area contributed by atoms with Crippen molar-refractivity contribution in [2.45, 2.75) is 20.0 Å². The molecular formula is C11H15N5. The second-order valence-electron chi connectivity index (χ2n) is 3.69. The molecule has 0 aliphatic heterocycles. The van der Waals surface area contributed by atoms with Crippen LogP contribution in [0.1, 0.15) is 17.2 Å². The van der Waals surface area contributed by atoms with Crippen molar-refractivity contribution in [3.8, 4) is 0 Å². The highest BCUT2D eigenvalue weighted by atomic mass is 15.3. The maximum absolute atomic E-state index is 4.08. The number of aromatic nitrogens is 4. The quantitative estimate of drug-likeness (QED) is 0.823. The van der Waals surface area contributed by atoms with E-state index in [1.54, 1.807) is 6.20 Å². The van der Waals surface area contributed by atoms with Gasteiger partial charge in [0.2, 0.25) is 0 Å². The zero-order valence-corrected chi connectivity index (χ0v) is 9.51. The molecule has 0 unspecified atom stereocenters. The molecule has 5 nitrogen and oxygen atoms in total. The number of pyridine rings is 1. The van der Waals surface area contributed by atoms with E-state index in [1.807, 2.05) is 36.9 Å². The Morgan fingerprint density at radius 3 is 2.81 bits per heavy atom. The maximum atomic E-state index is 4.08. The van der Waals surface area contributed by atoms with E-state index in [2.05, 4.69) is 20.5 Å². The second-order valence-corrected chi connectivity index (χ2v) is 3.69. The van der Waals surface area contributed by atoms with Crippen LogP contribution >= 0.6 is 0 Å². The molecule has 0 spiro atoms. The first-order valence-electron chi connectivity index (χ1n) is 5.22. The van der Waals surface area contributed by atoms with Gasteiger partial charge >= 0.3 is 0 Å². The van der Waals surface area contributed by atoms with Gasteiger partial charge in [-0.25, -0.2) is 0 Å². The Morgan fingerprint density at radius 1 is 1.31 bits per heavy atom. The van der Waals surface area contributed by atoms with Gasteiger partial charge in [-0.1, -0.05) is 6.07 Å². The average molecular weight is 217 g/mol. The van der Waals surface area contributed by atoms with Crippen molar-refractivity contribution in [1.29, 1.82) is 0 Å². The smallest absolute Gasteiger partial charge is 0.146 e. The van der Waals surface area contributed by atoms with Crippen LogP contribution in [-0.2, 0) is 20.1 Å². The Labute approximate surface area is 94.5 Å². The first-order valence-corrected chi connectivity index (χ1v) is 5.22. The van der Waals surface area contributed by atoms with Crippen LogP contribution in [-0.4, -0.2) is 19.7 Å². The zero-order chi connectivity index (χ0) is 11.4. The summed E-state index contributed by atoms with van der Waals surface area (Å²) in [4.78, 5) is 4.06. The first kappa shape index (κ1) is 10.8. The Morgan fingerprint density at radius 2 is 2.19 bits per heavy atom. The third kappa shape index (κ3) is 2.43. The van der Waals surface area contributed by atoms with Crippen LogP contribution in [0.3, 0.4) is 0 Å². The van der Waals surface area contributed by atoms with Gasteiger partial charge in [0.25, 0.3) is 0 Å². The molecule has 0 bridgehead atoms. The molecule has 2 rings (SSSR count). The van der Waals surface area contributed by atoms with Crippen molar-refractivity contribution in [1.82, 2.24) is 25.1 Å². The minimum Gasteiger partial charge on any atom is -0.317 e. The summed E-state index contributed by atoms with van der Waals surface area (Å²) in [6, 6.07) is 3.98. The topological polar surface area (TPSA) is 55.6 Å². The van der Waals surface area contributed by atoms with Gasteiger partial charge in [0.15, 0.2) is 0 Å². The minimum absolute atomic E-state index is 0.715. The molecule has 0 aliphatic rings. The number of hydrogen-bond acceptors (Lipinski definition) is 4. The lowest BCUT2D eigenvalue weighted by Crippen LogP contribution is -2.16. The van der Waals surface area contributed by atoms with Gasteiger partial charge < -0.3 is 9.88 Å².